The van der Waals surface area contributed by atoms with Gasteiger partial charge in [0.05, 0.1) is 5.56 Å². The normalized spacial score (nSPS) is 24.0. The highest BCUT2D eigenvalue weighted by atomic mass is 79.9. The van der Waals surface area contributed by atoms with Gasteiger partial charge in [-0.2, -0.15) is 0 Å². The maximum absolute atomic E-state index is 15.2. The number of halogens is 2. The van der Waals surface area contributed by atoms with Crippen LogP contribution in [0.25, 0.3) is 0 Å². The van der Waals surface area contributed by atoms with Gasteiger partial charge in [-0.25, -0.2) is 9.18 Å². The van der Waals surface area contributed by atoms with Crippen LogP contribution in [0.1, 0.15) is 60.8 Å². The first kappa shape index (κ1) is 26.4. The van der Waals surface area contributed by atoms with Gasteiger partial charge >= 0.3 is 5.97 Å². The first-order chi connectivity index (χ1) is 17.2. The highest BCUT2D eigenvalue weighted by Crippen LogP contribution is 2.36. The first-order valence-corrected chi connectivity index (χ1v) is 13.0. The molecule has 0 amide bonds. The Kier molecular flexibility index (Phi) is 8.46. The van der Waals surface area contributed by atoms with Gasteiger partial charge in [-0.1, -0.05) is 74.0 Å². The predicted molar refractivity (Wildman–Crippen MR) is 139 cm³/mol. The number of nitrogens with zero attached hydrogens (tertiary/aromatic N) is 1. The number of carbonyl (C=O) groups excluding carboxylic acids is 1. The van der Waals surface area contributed by atoms with Crippen LogP contribution in [0, 0.1) is 11.8 Å². The lowest BCUT2D eigenvalue weighted by Gasteiger charge is -2.40. The van der Waals surface area contributed by atoms with E-state index in [0.717, 1.165) is 21.3 Å². The van der Waals surface area contributed by atoms with Crippen LogP contribution in [0.4, 0.5) is 4.39 Å². The number of hydrogen-bond donors (Lipinski definition) is 1. The van der Waals surface area contributed by atoms with Gasteiger partial charge in [0.15, 0.2) is 0 Å². The molecule has 1 aromatic heterocycles. The number of hydrogen-bond acceptors (Lipinski definition) is 5. The van der Waals surface area contributed by atoms with Gasteiger partial charge < -0.3 is 14.2 Å². The summed E-state index contributed by atoms with van der Waals surface area (Å²) >= 11 is 3.48. The average Bonchev–Trinajstić information content (AvgIpc) is 3.27. The van der Waals surface area contributed by atoms with Crippen molar-refractivity contribution < 1.29 is 23.4 Å². The van der Waals surface area contributed by atoms with Gasteiger partial charge in [-0.15, -0.1) is 5.10 Å². The van der Waals surface area contributed by atoms with E-state index < -0.39 is 24.5 Å². The molecule has 4 rings (SSSR count). The van der Waals surface area contributed by atoms with Gasteiger partial charge in [0.2, 0.25) is 12.2 Å². The minimum absolute atomic E-state index is 0.199. The van der Waals surface area contributed by atoms with Crippen LogP contribution in [0.2, 0.25) is 0 Å². The third-order valence-corrected chi connectivity index (χ3v) is 7.30. The van der Waals surface area contributed by atoms with E-state index in [1.807, 2.05) is 32.0 Å². The molecule has 1 saturated heterocycles. The molecule has 1 aliphatic rings. The second kappa shape index (κ2) is 11.6. The van der Waals surface area contributed by atoms with Crippen molar-refractivity contribution in [3.8, 4) is 5.88 Å². The Balaban J connectivity index is 1.50. The fourth-order valence-corrected chi connectivity index (χ4v) is 4.62. The summed E-state index contributed by atoms with van der Waals surface area (Å²) < 4.78 is 33.9. The zero-order valence-electron chi connectivity index (χ0n) is 20.9. The number of rotatable bonds is 8. The van der Waals surface area contributed by atoms with Crippen molar-refractivity contribution in [3.63, 3.8) is 0 Å². The third-order valence-electron chi connectivity index (χ3n) is 6.77. The van der Waals surface area contributed by atoms with E-state index in [-0.39, 0.29) is 24.4 Å². The summed E-state index contributed by atoms with van der Waals surface area (Å²) in [7, 11) is 0. The van der Waals surface area contributed by atoms with Gasteiger partial charge in [-0.3, -0.25) is 5.10 Å². The molecule has 5 atom stereocenters. The number of benzene rings is 2. The molecule has 3 aromatic rings. The molecular formula is C28H32BrFN2O4. The average molecular weight is 559 g/mol. The van der Waals surface area contributed by atoms with Crippen LogP contribution in [0.5, 0.6) is 5.88 Å². The minimum atomic E-state index is -1.30. The molecule has 1 N–H and O–H groups in total. The fraction of sp³-hybridized carbons (Fsp3) is 0.429. The van der Waals surface area contributed by atoms with E-state index in [1.165, 1.54) is 0 Å². The topological polar surface area (TPSA) is 73.4 Å². The van der Waals surface area contributed by atoms with E-state index in [1.54, 1.807) is 24.3 Å². The van der Waals surface area contributed by atoms with Crippen molar-refractivity contribution in [1.82, 2.24) is 10.2 Å². The van der Waals surface area contributed by atoms with E-state index in [4.69, 9.17) is 14.2 Å². The summed E-state index contributed by atoms with van der Waals surface area (Å²) in [5, 5.41) is 7.56. The SMILES string of the molecule is CC(C)c1[nH]nc(OC2OC(COC(=O)c3ccccc3)C(F)C(C)C2C)c1Cc1ccc(Br)cc1. The molecule has 0 aliphatic carbocycles. The van der Waals surface area contributed by atoms with Crippen molar-refractivity contribution in [2.75, 3.05) is 6.61 Å². The number of aromatic amines is 1. The monoisotopic (exact) mass is 558 g/mol. The molecule has 6 nitrogen and oxygen atoms in total. The lowest BCUT2D eigenvalue weighted by molar-refractivity contribution is -0.226. The third kappa shape index (κ3) is 5.98. The lowest BCUT2D eigenvalue weighted by atomic mass is 9.85. The molecule has 0 radical (unpaired) electrons. The van der Waals surface area contributed by atoms with Crippen molar-refractivity contribution in [1.29, 1.82) is 0 Å². The number of alkyl halides is 1. The van der Waals surface area contributed by atoms with Gasteiger partial charge in [0.25, 0.3) is 0 Å². The van der Waals surface area contributed by atoms with Crippen LogP contribution < -0.4 is 4.74 Å². The summed E-state index contributed by atoms with van der Waals surface area (Å²) in [5.74, 6) is -0.448. The van der Waals surface area contributed by atoms with Crippen molar-refractivity contribution >= 4 is 21.9 Å². The molecule has 0 saturated carbocycles. The Morgan fingerprint density at radius 3 is 2.47 bits per heavy atom. The van der Waals surface area contributed by atoms with Crippen LogP contribution in [-0.4, -0.2) is 41.3 Å². The molecule has 2 aromatic carbocycles. The van der Waals surface area contributed by atoms with E-state index in [0.29, 0.717) is 17.9 Å². The molecule has 5 unspecified atom stereocenters. The lowest BCUT2D eigenvalue weighted by Crippen LogP contribution is -2.51. The zero-order valence-corrected chi connectivity index (χ0v) is 22.5. The standard InChI is InChI=1S/C28H32BrFN2O4/c1-16(2)25-22(14-19-10-12-21(29)13-11-19)26(32-31-25)36-28-18(4)17(3)24(30)23(35-28)15-34-27(33)20-8-6-5-7-9-20/h5-13,16-18,23-24,28H,14-15H2,1-4H3,(H,31,32). The Labute approximate surface area is 219 Å². The smallest absolute Gasteiger partial charge is 0.338 e. The molecule has 36 heavy (non-hydrogen) atoms. The summed E-state index contributed by atoms with van der Waals surface area (Å²) in [6, 6.07) is 16.7. The summed E-state index contributed by atoms with van der Waals surface area (Å²) in [4.78, 5) is 12.4. The molecule has 2 heterocycles. The van der Waals surface area contributed by atoms with E-state index in [9.17, 15) is 4.79 Å². The number of esters is 1. The van der Waals surface area contributed by atoms with Crippen LogP contribution in [0.15, 0.2) is 59.1 Å². The number of carbonyl (C=O) groups is 1. The number of ether oxygens (including phenoxy) is 3. The molecule has 1 aliphatic heterocycles. The zero-order chi connectivity index (χ0) is 25.8. The number of nitrogens with one attached hydrogen (secondary N) is 1. The quantitative estimate of drug-likeness (QED) is 0.321. The Morgan fingerprint density at radius 1 is 1.11 bits per heavy atom. The summed E-state index contributed by atoms with van der Waals surface area (Å²) in [5.41, 5.74) is 3.46. The maximum atomic E-state index is 15.2. The van der Waals surface area contributed by atoms with E-state index >= 15 is 4.39 Å². The first-order valence-electron chi connectivity index (χ1n) is 12.2. The van der Waals surface area contributed by atoms with Gasteiger partial charge in [-0.05, 0) is 41.7 Å². The molecule has 8 heteroatoms. The molecule has 192 valence electrons. The van der Waals surface area contributed by atoms with Crippen molar-refractivity contribution in [3.05, 3.63) is 81.5 Å². The van der Waals surface area contributed by atoms with Gasteiger partial charge in [0.1, 0.15) is 18.9 Å². The van der Waals surface area contributed by atoms with Crippen LogP contribution in [-0.2, 0) is 15.9 Å². The highest BCUT2D eigenvalue weighted by molar-refractivity contribution is 9.10. The Morgan fingerprint density at radius 2 is 1.81 bits per heavy atom. The Bertz CT molecular complexity index is 1150. The highest BCUT2D eigenvalue weighted by Gasteiger charge is 2.44. The summed E-state index contributed by atoms with van der Waals surface area (Å²) in [6.07, 6.45) is -2.34. The molecular weight excluding hydrogens is 527 g/mol. The summed E-state index contributed by atoms with van der Waals surface area (Å²) in [6.45, 7) is 7.71. The molecule has 0 spiro atoms. The largest absolute Gasteiger partial charge is 0.459 e. The van der Waals surface area contributed by atoms with Crippen LogP contribution >= 0.6 is 15.9 Å². The Hall–Kier alpha value is -2.71. The number of aromatic nitrogens is 2. The van der Waals surface area contributed by atoms with Crippen molar-refractivity contribution in [2.24, 2.45) is 11.8 Å². The van der Waals surface area contributed by atoms with Gasteiger partial charge in [0, 0.05) is 28.1 Å². The molecule has 0 bridgehead atoms. The fourth-order valence-electron chi connectivity index (χ4n) is 4.35. The van der Waals surface area contributed by atoms with E-state index in [2.05, 4.69) is 52.1 Å². The second-order valence-electron chi connectivity index (χ2n) is 9.67. The predicted octanol–water partition coefficient (Wildman–Crippen LogP) is 6.46. The molecule has 1 fully saturated rings. The van der Waals surface area contributed by atoms with Crippen molar-refractivity contribution in [2.45, 2.75) is 58.6 Å². The number of H-pyrrole nitrogens is 1. The minimum Gasteiger partial charge on any atom is -0.459 e. The maximum Gasteiger partial charge on any atom is 0.338 e. The second-order valence-corrected chi connectivity index (χ2v) is 10.6. The van der Waals surface area contributed by atoms with Crippen LogP contribution in [0.3, 0.4) is 0 Å².